The van der Waals surface area contributed by atoms with Crippen LogP contribution in [0.1, 0.15) is 232 Å². The van der Waals surface area contributed by atoms with Gasteiger partial charge in [-0.15, -0.1) is 0 Å². The van der Waals surface area contributed by atoms with Crippen molar-refractivity contribution >= 4 is 11.9 Å². The van der Waals surface area contributed by atoms with E-state index in [9.17, 15) is 35.1 Å². The van der Waals surface area contributed by atoms with E-state index in [1.165, 1.54) is 89.9 Å². The molecule has 7 atom stereocenters. The number of ether oxygens (including phenoxy) is 3. The van der Waals surface area contributed by atoms with Crippen LogP contribution >= 0.6 is 0 Å². The number of aliphatic hydroxyl groups excluding tert-OH is 5. The number of unbranched alkanes of at least 4 members (excludes halogenated alkanes) is 25. The Morgan fingerprint density at radius 1 is 0.535 bits per heavy atom. The summed E-state index contributed by atoms with van der Waals surface area (Å²) in [5, 5.41) is 54.3. The summed E-state index contributed by atoms with van der Waals surface area (Å²) in [6.07, 6.45) is 54.1. The van der Waals surface area contributed by atoms with Crippen molar-refractivity contribution in [3.63, 3.8) is 0 Å². The molecule has 11 nitrogen and oxygen atoms in total. The molecule has 0 radical (unpaired) electrons. The molecular weight excluding hydrogens is 895 g/mol. The molecule has 1 heterocycles. The fraction of sp³-hybridized carbons (Fsp3) is 0.767. The molecule has 0 aromatic heterocycles. The Kier molecular flexibility index (Phi) is 45.9. The first-order valence-electron chi connectivity index (χ1n) is 28.7. The molecule has 1 fully saturated rings. The Labute approximate surface area is 432 Å². The van der Waals surface area contributed by atoms with E-state index in [2.05, 4.69) is 79.9 Å². The van der Waals surface area contributed by atoms with Gasteiger partial charge < -0.3 is 45.1 Å². The lowest BCUT2D eigenvalue weighted by atomic mass is 9.99. The van der Waals surface area contributed by atoms with Crippen molar-refractivity contribution < 1.29 is 49.3 Å². The van der Waals surface area contributed by atoms with Crippen LogP contribution in [0.2, 0.25) is 0 Å². The van der Waals surface area contributed by atoms with E-state index in [0.29, 0.717) is 19.4 Å². The van der Waals surface area contributed by atoms with E-state index in [1.807, 2.05) is 6.08 Å². The zero-order valence-corrected chi connectivity index (χ0v) is 44.9. The average Bonchev–Trinajstić information content (AvgIpc) is 3.37. The third-order valence-corrected chi connectivity index (χ3v) is 13.0. The van der Waals surface area contributed by atoms with E-state index >= 15 is 0 Å². The largest absolute Gasteiger partial charge is 0.466 e. The van der Waals surface area contributed by atoms with Gasteiger partial charge in [0.2, 0.25) is 5.91 Å². The van der Waals surface area contributed by atoms with Gasteiger partial charge in [0.05, 0.1) is 32.0 Å². The lowest BCUT2D eigenvalue weighted by Gasteiger charge is -2.40. The minimum absolute atomic E-state index is 0.0575. The number of hydrogen-bond donors (Lipinski definition) is 6. The number of nitrogens with one attached hydrogen (secondary N) is 1. The van der Waals surface area contributed by atoms with Crippen LogP contribution in [0.25, 0.3) is 0 Å². The first-order chi connectivity index (χ1) is 34.7. The molecule has 1 aliphatic rings. The summed E-state index contributed by atoms with van der Waals surface area (Å²) < 4.78 is 16.6. The minimum Gasteiger partial charge on any atom is -0.466 e. The molecule has 0 aromatic carbocycles. The molecule has 1 saturated heterocycles. The standard InChI is InChI=1S/C60H105NO10/c1-3-5-7-9-11-13-15-17-22-26-30-34-38-42-46-53(63)52(51-70-60-59(68)58(67)57(66)54(50-62)71-60)61-55(64)47-43-39-35-31-27-23-20-19-21-25-29-33-37-41-45-49-69-56(65)48-44-40-36-32-28-24-18-16-14-12-10-8-6-4-2/h10,12,16,18-19,21,25-26,29-30,42,46,52-54,57-60,62-63,66-68H,3-9,11,13-15,17,20,22-24,27-28,31-41,43-45,47-51H2,1-2H3,(H,61,64)/b12-10-,18-16-,21-19-,29-25-,30-26+,46-42+. The van der Waals surface area contributed by atoms with E-state index in [0.717, 1.165) is 116 Å². The lowest BCUT2D eigenvalue weighted by Crippen LogP contribution is -2.60. The van der Waals surface area contributed by atoms with Crippen LogP contribution in [0, 0.1) is 0 Å². The summed E-state index contributed by atoms with van der Waals surface area (Å²) in [4.78, 5) is 25.1. The van der Waals surface area contributed by atoms with Crippen LogP contribution in [0.15, 0.2) is 72.9 Å². The maximum absolute atomic E-state index is 13.0. The summed E-state index contributed by atoms with van der Waals surface area (Å²) in [5.41, 5.74) is 0. The van der Waals surface area contributed by atoms with E-state index in [-0.39, 0.29) is 18.5 Å². The van der Waals surface area contributed by atoms with Gasteiger partial charge in [-0.2, -0.15) is 0 Å². The van der Waals surface area contributed by atoms with Gasteiger partial charge >= 0.3 is 5.97 Å². The second-order valence-corrected chi connectivity index (χ2v) is 19.6. The molecule has 7 unspecified atom stereocenters. The van der Waals surface area contributed by atoms with Crippen LogP contribution in [0.5, 0.6) is 0 Å². The molecule has 0 saturated carbocycles. The number of carbonyl (C=O) groups is 2. The van der Waals surface area contributed by atoms with Crippen molar-refractivity contribution in [2.75, 3.05) is 19.8 Å². The third-order valence-electron chi connectivity index (χ3n) is 13.0. The van der Waals surface area contributed by atoms with E-state index < -0.39 is 49.5 Å². The van der Waals surface area contributed by atoms with Crippen LogP contribution in [0.3, 0.4) is 0 Å². The summed E-state index contributed by atoms with van der Waals surface area (Å²) in [5.74, 6) is -0.274. The molecule has 0 bridgehead atoms. The van der Waals surface area contributed by atoms with Crippen molar-refractivity contribution in [3.05, 3.63) is 72.9 Å². The maximum Gasteiger partial charge on any atom is 0.305 e. The highest BCUT2D eigenvalue weighted by molar-refractivity contribution is 5.76. The molecule has 410 valence electrons. The van der Waals surface area contributed by atoms with Crippen LogP contribution in [0.4, 0.5) is 0 Å². The molecule has 1 rings (SSSR count). The quantitative estimate of drug-likeness (QED) is 0.0149. The number of hydrogen-bond acceptors (Lipinski definition) is 10. The molecule has 1 aliphatic heterocycles. The van der Waals surface area contributed by atoms with Crippen molar-refractivity contribution in [2.24, 2.45) is 0 Å². The summed E-state index contributed by atoms with van der Waals surface area (Å²) >= 11 is 0. The zero-order valence-electron chi connectivity index (χ0n) is 44.9. The maximum atomic E-state index is 13.0. The highest BCUT2D eigenvalue weighted by Crippen LogP contribution is 2.23. The zero-order chi connectivity index (χ0) is 51.7. The number of amides is 1. The van der Waals surface area contributed by atoms with Crippen molar-refractivity contribution in [2.45, 2.75) is 275 Å². The Morgan fingerprint density at radius 2 is 1.01 bits per heavy atom. The second kappa shape index (κ2) is 49.3. The van der Waals surface area contributed by atoms with Gasteiger partial charge in [0.15, 0.2) is 6.29 Å². The summed E-state index contributed by atoms with van der Waals surface area (Å²) in [6, 6.07) is -0.846. The molecule has 0 aliphatic carbocycles. The fourth-order valence-corrected chi connectivity index (χ4v) is 8.40. The van der Waals surface area contributed by atoms with Crippen molar-refractivity contribution in [1.29, 1.82) is 0 Å². The smallest absolute Gasteiger partial charge is 0.305 e. The first kappa shape index (κ1) is 66.1. The average molecular weight is 1000 g/mol. The van der Waals surface area contributed by atoms with Crippen LogP contribution in [-0.2, 0) is 23.8 Å². The van der Waals surface area contributed by atoms with Gasteiger partial charge in [-0.1, -0.05) is 189 Å². The molecule has 1 amide bonds. The molecular formula is C60H105NO10. The summed E-state index contributed by atoms with van der Waals surface area (Å²) in [6.45, 7) is 4.19. The molecule has 11 heteroatoms. The van der Waals surface area contributed by atoms with Gasteiger partial charge in [0, 0.05) is 12.8 Å². The van der Waals surface area contributed by atoms with Crippen LogP contribution < -0.4 is 5.32 Å². The molecule has 0 aromatic rings. The Bertz CT molecular complexity index is 1410. The van der Waals surface area contributed by atoms with E-state index in [4.69, 9.17) is 14.2 Å². The van der Waals surface area contributed by atoms with Crippen molar-refractivity contribution in [3.8, 4) is 0 Å². The fourth-order valence-electron chi connectivity index (χ4n) is 8.40. The predicted octanol–water partition coefficient (Wildman–Crippen LogP) is 12.8. The van der Waals surface area contributed by atoms with Gasteiger partial charge in [0.1, 0.15) is 24.4 Å². The monoisotopic (exact) mass is 1000 g/mol. The van der Waals surface area contributed by atoms with Gasteiger partial charge in [-0.3, -0.25) is 9.59 Å². The Hall–Kier alpha value is -2.90. The van der Waals surface area contributed by atoms with Crippen LogP contribution in [-0.4, -0.2) is 100 Å². The number of carbonyl (C=O) groups excluding carboxylic acids is 2. The molecule has 6 N–H and O–H groups in total. The normalized spacial score (nSPS) is 19.7. The summed E-state index contributed by atoms with van der Waals surface area (Å²) in [7, 11) is 0. The lowest BCUT2D eigenvalue weighted by molar-refractivity contribution is -0.302. The highest BCUT2D eigenvalue weighted by atomic mass is 16.7. The second-order valence-electron chi connectivity index (χ2n) is 19.6. The number of rotatable bonds is 48. The van der Waals surface area contributed by atoms with Gasteiger partial charge in [-0.25, -0.2) is 0 Å². The molecule has 71 heavy (non-hydrogen) atoms. The topological polar surface area (TPSA) is 175 Å². The SMILES string of the molecule is CCCC/C=C\C/C=C\CCCCCCCC(=O)OCCCCC/C=C\C=C/CCCCCCCCC(=O)NC(COC1OC(CO)C(O)C(O)C1O)C(O)/C=C/CC/C=C/CCCCCCCCCC. The number of esters is 1. The van der Waals surface area contributed by atoms with Gasteiger partial charge in [0.25, 0.3) is 0 Å². The third kappa shape index (κ3) is 39.3. The van der Waals surface area contributed by atoms with Crippen molar-refractivity contribution in [1.82, 2.24) is 5.32 Å². The Balaban J connectivity index is 2.20. The van der Waals surface area contributed by atoms with E-state index in [1.54, 1.807) is 6.08 Å². The minimum atomic E-state index is -1.59. The Morgan fingerprint density at radius 3 is 1.61 bits per heavy atom. The predicted molar refractivity (Wildman–Crippen MR) is 292 cm³/mol. The number of allylic oxidation sites excluding steroid dienone is 11. The van der Waals surface area contributed by atoms with Gasteiger partial charge in [-0.05, 0) is 103 Å². The highest BCUT2D eigenvalue weighted by Gasteiger charge is 2.44. The first-order valence-corrected chi connectivity index (χ1v) is 28.7. The number of aliphatic hydroxyl groups is 5. The molecule has 0 spiro atoms.